The summed E-state index contributed by atoms with van der Waals surface area (Å²) in [6, 6.07) is 13.6. The average Bonchev–Trinajstić information content (AvgIpc) is 3.41. The summed E-state index contributed by atoms with van der Waals surface area (Å²) in [5.41, 5.74) is 3.05. The Morgan fingerprint density at radius 3 is 2.63 bits per heavy atom. The fraction of sp³-hybridized carbons (Fsp3) is 0.459. The molecule has 0 radical (unpaired) electrons. The van der Waals surface area contributed by atoms with E-state index in [1.807, 2.05) is 43.4 Å². The molecule has 1 unspecified atom stereocenters. The third kappa shape index (κ3) is 8.23. The summed E-state index contributed by atoms with van der Waals surface area (Å²) in [5.74, 6) is 0.309. The lowest BCUT2D eigenvalue weighted by molar-refractivity contribution is -0.134. The van der Waals surface area contributed by atoms with Gasteiger partial charge in [0, 0.05) is 75.7 Å². The molecule has 3 atom stereocenters. The van der Waals surface area contributed by atoms with E-state index in [4.69, 9.17) is 16.6 Å². The molecule has 2 aromatic heterocycles. The van der Waals surface area contributed by atoms with Crippen LogP contribution in [0.4, 0.5) is 33.6 Å². The van der Waals surface area contributed by atoms with Gasteiger partial charge in [0.1, 0.15) is 5.02 Å². The van der Waals surface area contributed by atoms with Gasteiger partial charge in [0.2, 0.25) is 17.8 Å². The van der Waals surface area contributed by atoms with Crippen molar-refractivity contribution in [2.75, 3.05) is 54.2 Å². The second-order valence-corrected chi connectivity index (χ2v) is 15.0. The average molecular weight is 731 g/mol. The molecule has 4 heterocycles. The first-order valence-corrected chi connectivity index (χ1v) is 18.0. The van der Waals surface area contributed by atoms with Gasteiger partial charge in [-0.1, -0.05) is 24.6 Å². The zero-order valence-electron chi connectivity index (χ0n) is 30.5. The van der Waals surface area contributed by atoms with Crippen molar-refractivity contribution in [2.45, 2.75) is 64.0 Å². The second-order valence-electron chi connectivity index (χ2n) is 14.6. The Kier molecular flexibility index (Phi) is 10.6. The number of amides is 4. The standard InChI is InChI=1S/C37H47ClN10O4/c1-22-21-47(16-14-29(22)40-24-10-11-26-30(19-24)46(6)44-32(26)27-12-13-31(49)42-34(27)50)35-39-20-28(38)33(43-35)41-23-8-7-9-25(18-23)48(36(51)45(4)5)17-15-37(2,3)52/h7-11,18-20,22,27,29,40,52H,12-17,21H2,1-6H3,(H,39,41,43)(H,42,49,50)/t22-,27?,29-/m1/s1. The Bertz CT molecular complexity index is 1980. The normalized spacial score (nSPS) is 19.4. The maximum Gasteiger partial charge on any atom is 0.323 e. The molecular formula is C37H47ClN10O4. The molecule has 2 aliphatic rings. The minimum absolute atomic E-state index is 0.188. The fourth-order valence-electron chi connectivity index (χ4n) is 6.79. The van der Waals surface area contributed by atoms with Gasteiger partial charge in [0.15, 0.2) is 5.82 Å². The summed E-state index contributed by atoms with van der Waals surface area (Å²) >= 11 is 6.58. The van der Waals surface area contributed by atoms with Crippen molar-refractivity contribution in [3.05, 3.63) is 59.4 Å². The van der Waals surface area contributed by atoms with Gasteiger partial charge in [0.25, 0.3) is 0 Å². The Hall–Kier alpha value is -4.95. The lowest BCUT2D eigenvalue weighted by Gasteiger charge is -2.37. The van der Waals surface area contributed by atoms with Crippen LogP contribution in [-0.4, -0.2) is 93.0 Å². The van der Waals surface area contributed by atoms with Crippen molar-refractivity contribution in [3.8, 4) is 0 Å². The Balaban J connectivity index is 1.12. The highest BCUT2D eigenvalue weighted by Crippen LogP contribution is 2.33. The quantitative estimate of drug-likeness (QED) is 0.159. The van der Waals surface area contributed by atoms with Gasteiger partial charge in [-0.25, -0.2) is 9.78 Å². The number of hydrogen-bond acceptors (Lipinski definition) is 10. The number of urea groups is 1. The van der Waals surface area contributed by atoms with Gasteiger partial charge in [-0.3, -0.25) is 24.5 Å². The van der Waals surface area contributed by atoms with Gasteiger partial charge in [-0.2, -0.15) is 10.1 Å². The van der Waals surface area contributed by atoms with Crippen molar-refractivity contribution in [3.63, 3.8) is 0 Å². The van der Waals surface area contributed by atoms with Crippen LogP contribution >= 0.6 is 11.6 Å². The number of piperidine rings is 2. The zero-order chi connectivity index (χ0) is 37.3. The number of imide groups is 1. The number of carbonyl (C=O) groups excluding carboxylic acids is 3. The molecule has 2 saturated heterocycles. The first-order chi connectivity index (χ1) is 24.7. The van der Waals surface area contributed by atoms with Gasteiger partial charge >= 0.3 is 6.03 Å². The van der Waals surface area contributed by atoms with E-state index in [0.29, 0.717) is 59.7 Å². The van der Waals surface area contributed by atoms with Crippen molar-refractivity contribution >= 4 is 69.2 Å². The van der Waals surface area contributed by atoms with E-state index in [0.717, 1.165) is 36.1 Å². The molecule has 0 aliphatic carbocycles. The summed E-state index contributed by atoms with van der Waals surface area (Å²) in [6.07, 6.45) is 3.62. The molecule has 2 aromatic carbocycles. The molecular weight excluding hydrogens is 684 g/mol. The number of hydrogen-bond donors (Lipinski definition) is 4. The molecule has 52 heavy (non-hydrogen) atoms. The minimum Gasteiger partial charge on any atom is -0.390 e. The summed E-state index contributed by atoms with van der Waals surface area (Å²) in [4.78, 5) is 52.0. The van der Waals surface area contributed by atoms with Crippen molar-refractivity contribution in [1.82, 2.24) is 30.0 Å². The van der Waals surface area contributed by atoms with E-state index in [2.05, 4.69) is 43.9 Å². The number of nitrogens with zero attached hydrogens (tertiary/aromatic N) is 7. The summed E-state index contributed by atoms with van der Waals surface area (Å²) in [6.45, 7) is 7.45. The fourth-order valence-corrected chi connectivity index (χ4v) is 6.93. The van der Waals surface area contributed by atoms with Crippen LogP contribution in [0.15, 0.2) is 48.7 Å². The molecule has 0 saturated carbocycles. The van der Waals surface area contributed by atoms with Gasteiger partial charge in [-0.15, -0.1) is 0 Å². The van der Waals surface area contributed by atoms with Crippen LogP contribution in [0.3, 0.4) is 0 Å². The SMILES string of the molecule is C[C@@H]1CN(c2ncc(Cl)c(Nc3cccc(N(CCC(C)(C)O)C(=O)N(C)C)c3)n2)CC[C@H]1Nc1ccc2c(C3CCC(=O)NC3=O)nn(C)c2c1. The maximum atomic E-state index is 13.1. The summed E-state index contributed by atoms with van der Waals surface area (Å²) in [5, 5.41) is 25.7. The van der Waals surface area contributed by atoms with Crippen molar-refractivity contribution in [1.29, 1.82) is 0 Å². The van der Waals surface area contributed by atoms with Gasteiger partial charge in [-0.05, 0) is 75.4 Å². The van der Waals surface area contributed by atoms with Crippen LogP contribution in [0.1, 0.15) is 58.1 Å². The molecule has 6 rings (SSSR count). The van der Waals surface area contributed by atoms with Crippen molar-refractivity contribution in [2.24, 2.45) is 13.0 Å². The minimum atomic E-state index is -0.924. The lowest BCUT2D eigenvalue weighted by Crippen LogP contribution is -2.46. The van der Waals surface area contributed by atoms with Gasteiger partial charge < -0.3 is 25.5 Å². The van der Waals surface area contributed by atoms with E-state index in [1.54, 1.807) is 43.7 Å². The van der Waals surface area contributed by atoms with Crippen molar-refractivity contribution < 1.29 is 19.5 Å². The molecule has 4 N–H and O–H groups in total. The molecule has 2 fully saturated rings. The van der Waals surface area contributed by atoms with E-state index in [1.165, 1.54) is 4.90 Å². The Labute approximate surface area is 308 Å². The predicted octanol–water partition coefficient (Wildman–Crippen LogP) is 5.26. The molecule has 0 bridgehead atoms. The number of nitrogens with one attached hydrogen (secondary N) is 3. The van der Waals surface area contributed by atoms with Crippen LogP contribution < -0.4 is 25.8 Å². The summed E-state index contributed by atoms with van der Waals surface area (Å²) < 4.78 is 1.79. The Morgan fingerprint density at radius 2 is 1.92 bits per heavy atom. The van der Waals surface area contributed by atoms with E-state index in [9.17, 15) is 19.5 Å². The number of fused-ring (bicyclic) bond motifs is 1. The molecule has 14 nitrogen and oxygen atoms in total. The molecule has 4 amide bonds. The first kappa shape index (κ1) is 36.8. The van der Waals surface area contributed by atoms with E-state index < -0.39 is 11.5 Å². The first-order valence-electron chi connectivity index (χ1n) is 17.6. The number of anilines is 5. The number of benzene rings is 2. The van der Waals surface area contributed by atoms with Crippen LogP contribution in [0.5, 0.6) is 0 Å². The number of aliphatic hydroxyl groups is 1. The topological polar surface area (TPSA) is 161 Å². The second kappa shape index (κ2) is 15.0. The third-order valence-electron chi connectivity index (χ3n) is 9.70. The predicted molar refractivity (Wildman–Crippen MR) is 203 cm³/mol. The summed E-state index contributed by atoms with van der Waals surface area (Å²) in [7, 11) is 5.27. The smallest absolute Gasteiger partial charge is 0.323 e. The molecule has 15 heteroatoms. The lowest BCUT2D eigenvalue weighted by atomic mass is 9.92. The molecule has 0 spiro atoms. The number of rotatable bonds is 10. The highest BCUT2D eigenvalue weighted by Gasteiger charge is 2.32. The number of halogens is 1. The molecule has 276 valence electrons. The number of carbonyl (C=O) groups is 3. The molecule has 4 aromatic rings. The maximum absolute atomic E-state index is 13.1. The molecule has 2 aliphatic heterocycles. The highest BCUT2D eigenvalue weighted by atomic mass is 35.5. The monoisotopic (exact) mass is 730 g/mol. The zero-order valence-corrected chi connectivity index (χ0v) is 31.2. The third-order valence-corrected chi connectivity index (χ3v) is 9.98. The van der Waals surface area contributed by atoms with Gasteiger partial charge in [0.05, 0.1) is 28.9 Å². The highest BCUT2D eigenvalue weighted by molar-refractivity contribution is 6.32. The number of aryl methyl sites for hydroxylation is 1. The van der Waals surface area contributed by atoms with Crippen LogP contribution in [0, 0.1) is 5.92 Å². The Morgan fingerprint density at radius 1 is 1.13 bits per heavy atom. The van der Waals surface area contributed by atoms with E-state index in [-0.39, 0.29) is 29.8 Å². The van der Waals surface area contributed by atoms with Crippen LogP contribution in [0.2, 0.25) is 5.02 Å². The van der Waals surface area contributed by atoms with Crippen LogP contribution in [0.25, 0.3) is 10.9 Å². The van der Waals surface area contributed by atoms with E-state index >= 15 is 0 Å². The van der Waals surface area contributed by atoms with Crippen LogP contribution in [-0.2, 0) is 16.6 Å². The largest absolute Gasteiger partial charge is 0.390 e. The number of aromatic nitrogens is 4.